The van der Waals surface area contributed by atoms with Crippen LogP contribution in [0, 0.1) is 10.1 Å². The van der Waals surface area contributed by atoms with Crippen molar-refractivity contribution in [2.75, 3.05) is 62.8 Å². The quantitative estimate of drug-likeness (QED) is 0.0778. The van der Waals surface area contributed by atoms with Crippen LogP contribution in [0.25, 0.3) is 0 Å². The predicted molar refractivity (Wildman–Crippen MR) is 201 cm³/mol. The number of anilines is 2. The molecule has 0 aromatic heterocycles. The molecule has 53 heavy (non-hydrogen) atoms. The van der Waals surface area contributed by atoms with Crippen molar-refractivity contribution in [1.29, 1.82) is 0 Å². The molecule has 1 unspecified atom stereocenters. The molecule has 1 fully saturated rings. The van der Waals surface area contributed by atoms with Gasteiger partial charge in [0.15, 0.2) is 0 Å². The molecule has 1 saturated heterocycles. The Morgan fingerprint density at radius 2 is 1.60 bits per heavy atom. The number of rotatable bonds is 15. The van der Waals surface area contributed by atoms with Crippen molar-refractivity contribution in [2.24, 2.45) is 0 Å². The van der Waals surface area contributed by atoms with Gasteiger partial charge in [-0.3, -0.25) is 19.8 Å². The number of nitrogens with zero attached hydrogens (tertiary/aromatic N) is 4. The molecular formula is C37H41F3N6O5S2. The van der Waals surface area contributed by atoms with Gasteiger partial charge in [0.25, 0.3) is 21.6 Å². The molecule has 16 heteroatoms. The number of nitro groups is 1. The Labute approximate surface area is 311 Å². The summed E-state index contributed by atoms with van der Waals surface area (Å²) in [7, 11) is -0.587. The first-order valence-corrected chi connectivity index (χ1v) is 19.3. The Hall–Kier alpha value is -4.64. The second-order valence-corrected chi connectivity index (χ2v) is 15.7. The molecule has 1 aliphatic rings. The maximum atomic E-state index is 13.3. The van der Waals surface area contributed by atoms with Gasteiger partial charge < -0.3 is 15.1 Å². The van der Waals surface area contributed by atoms with E-state index in [1.807, 2.05) is 54.0 Å². The van der Waals surface area contributed by atoms with Gasteiger partial charge in [-0.15, -0.1) is 11.8 Å². The highest BCUT2D eigenvalue weighted by Gasteiger charge is 2.30. The number of hydrogen-bond donors (Lipinski definition) is 2. The van der Waals surface area contributed by atoms with Gasteiger partial charge in [-0.2, -0.15) is 13.2 Å². The molecule has 4 aromatic carbocycles. The van der Waals surface area contributed by atoms with Crippen molar-refractivity contribution in [3.8, 4) is 0 Å². The molecule has 0 bridgehead atoms. The smallest absolute Gasteiger partial charge is 0.376 e. The van der Waals surface area contributed by atoms with Gasteiger partial charge in [-0.1, -0.05) is 30.3 Å². The molecule has 4 aromatic rings. The number of sulfonamides is 1. The van der Waals surface area contributed by atoms with Gasteiger partial charge in [-0.25, -0.2) is 13.1 Å². The van der Waals surface area contributed by atoms with E-state index < -0.39 is 43.2 Å². The number of nitrogens with one attached hydrogen (secondary N) is 2. The van der Waals surface area contributed by atoms with Crippen molar-refractivity contribution in [3.63, 3.8) is 0 Å². The zero-order valence-corrected chi connectivity index (χ0v) is 30.9. The van der Waals surface area contributed by atoms with E-state index in [-0.39, 0.29) is 17.3 Å². The molecule has 5 rings (SSSR count). The Bertz CT molecular complexity index is 1960. The molecule has 1 amide bonds. The molecular weight excluding hydrogens is 730 g/mol. The first-order valence-electron chi connectivity index (χ1n) is 16.9. The van der Waals surface area contributed by atoms with E-state index in [0.717, 1.165) is 40.9 Å². The maximum Gasteiger partial charge on any atom is 0.416 e. The number of carbonyl (C=O) groups is 1. The van der Waals surface area contributed by atoms with Crippen LogP contribution in [-0.2, 0) is 22.7 Å². The monoisotopic (exact) mass is 770 g/mol. The second kappa shape index (κ2) is 17.5. The third-order valence-corrected chi connectivity index (χ3v) is 11.2. The number of halogens is 3. The lowest BCUT2D eigenvalue weighted by molar-refractivity contribution is -0.384. The van der Waals surface area contributed by atoms with E-state index in [4.69, 9.17) is 0 Å². The van der Waals surface area contributed by atoms with Gasteiger partial charge in [-0.05, 0) is 93.3 Å². The zero-order chi connectivity index (χ0) is 38.2. The number of hydrogen-bond acceptors (Lipinski definition) is 10. The van der Waals surface area contributed by atoms with Crippen molar-refractivity contribution in [2.45, 2.75) is 35.0 Å². The van der Waals surface area contributed by atoms with Crippen LogP contribution in [0.5, 0.6) is 0 Å². The Morgan fingerprint density at radius 3 is 2.21 bits per heavy atom. The van der Waals surface area contributed by atoms with Crippen LogP contribution in [0.15, 0.2) is 107 Å². The summed E-state index contributed by atoms with van der Waals surface area (Å²) in [6, 6.07) is 24.7. The highest BCUT2D eigenvalue weighted by molar-refractivity contribution is 7.99. The summed E-state index contributed by atoms with van der Waals surface area (Å²) >= 11 is 1.61. The van der Waals surface area contributed by atoms with Crippen LogP contribution >= 0.6 is 11.8 Å². The summed E-state index contributed by atoms with van der Waals surface area (Å²) in [5.74, 6) is -0.268. The highest BCUT2D eigenvalue weighted by atomic mass is 32.2. The summed E-state index contributed by atoms with van der Waals surface area (Å²) in [5.41, 5.74) is 0.768. The van der Waals surface area contributed by atoms with Crippen molar-refractivity contribution in [3.05, 3.63) is 124 Å². The summed E-state index contributed by atoms with van der Waals surface area (Å²) in [6.45, 7) is 3.88. The minimum absolute atomic E-state index is 0.0886. The molecule has 1 aliphatic heterocycles. The number of amides is 1. The zero-order valence-electron chi connectivity index (χ0n) is 29.3. The van der Waals surface area contributed by atoms with E-state index in [1.54, 1.807) is 23.9 Å². The van der Waals surface area contributed by atoms with Crippen LogP contribution in [0.3, 0.4) is 0 Å². The normalized spacial score (nSPS) is 14.6. The van der Waals surface area contributed by atoms with Crippen LogP contribution in [-0.4, -0.2) is 87.7 Å². The summed E-state index contributed by atoms with van der Waals surface area (Å²) in [6.07, 6.45) is -3.69. The summed E-state index contributed by atoms with van der Waals surface area (Å²) in [4.78, 5) is 31.4. The average molecular weight is 771 g/mol. The van der Waals surface area contributed by atoms with Crippen LogP contribution < -0.4 is 14.9 Å². The molecule has 0 saturated carbocycles. The van der Waals surface area contributed by atoms with Gasteiger partial charge in [0, 0.05) is 66.7 Å². The molecule has 0 spiro atoms. The standard InChI is InChI=1S/C37H41F3N6O5S2/c1-43(2)19-18-30(26-52-32-6-4-3-5-7-32)41-34-17-16-33(24-35(34)46(48)49)53(50,51)42-36(47)28-10-14-31(15-11-28)45-22-20-44(21-23-45)25-27-8-12-29(13-9-27)37(38,39)40/h3-17,24,30,41H,18-23,25-26H2,1-2H3,(H,42,47). The lowest BCUT2D eigenvalue weighted by Crippen LogP contribution is -2.46. The van der Waals surface area contributed by atoms with Gasteiger partial charge in [0.2, 0.25) is 0 Å². The minimum atomic E-state index is -4.46. The first-order chi connectivity index (χ1) is 25.2. The lowest BCUT2D eigenvalue weighted by Gasteiger charge is -2.36. The van der Waals surface area contributed by atoms with E-state index in [9.17, 15) is 36.5 Å². The number of piperazine rings is 1. The third-order valence-electron chi connectivity index (χ3n) is 8.74. The van der Waals surface area contributed by atoms with E-state index in [0.29, 0.717) is 44.9 Å². The number of carbonyl (C=O) groups excluding carboxylic acids is 1. The fourth-order valence-corrected chi connectivity index (χ4v) is 7.77. The van der Waals surface area contributed by atoms with Crippen LogP contribution in [0.1, 0.15) is 27.9 Å². The second-order valence-electron chi connectivity index (χ2n) is 12.9. The SMILES string of the molecule is CN(C)CCC(CSc1ccccc1)Nc1ccc(S(=O)(=O)NC(=O)c2ccc(N3CCN(Cc4ccc(C(F)(F)F)cc4)CC3)cc2)cc1[N+](=O)[O-]. The number of nitro benzene ring substituents is 1. The fourth-order valence-electron chi connectivity index (χ4n) is 5.78. The maximum absolute atomic E-state index is 13.3. The average Bonchev–Trinajstić information content (AvgIpc) is 3.13. The molecule has 1 heterocycles. The summed E-state index contributed by atoms with van der Waals surface area (Å²) < 4.78 is 67.2. The highest BCUT2D eigenvalue weighted by Crippen LogP contribution is 2.31. The lowest BCUT2D eigenvalue weighted by atomic mass is 10.1. The molecule has 11 nitrogen and oxygen atoms in total. The van der Waals surface area contributed by atoms with E-state index >= 15 is 0 Å². The topological polar surface area (TPSA) is 128 Å². The number of benzene rings is 4. The van der Waals surface area contributed by atoms with Gasteiger partial charge >= 0.3 is 6.18 Å². The van der Waals surface area contributed by atoms with Gasteiger partial charge in [0.05, 0.1) is 15.4 Å². The molecule has 2 N–H and O–H groups in total. The van der Waals surface area contributed by atoms with Crippen molar-refractivity contribution in [1.82, 2.24) is 14.5 Å². The molecule has 0 aliphatic carbocycles. The number of thioether (sulfide) groups is 1. The predicted octanol–water partition coefficient (Wildman–Crippen LogP) is 6.58. The third kappa shape index (κ3) is 11.2. The van der Waals surface area contributed by atoms with Crippen LogP contribution in [0.4, 0.5) is 30.2 Å². The molecule has 0 radical (unpaired) electrons. The molecule has 1 atom stereocenters. The Kier molecular flexibility index (Phi) is 13.0. The number of alkyl halides is 3. The van der Waals surface area contributed by atoms with Gasteiger partial charge in [0.1, 0.15) is 5.69 Å². The Morgan fingerprint density at radius 1 is 0.943 bits per heavy atom. The molecule has 282 valence electrons. The largest absolute Gasteiger partial charge is 0.416 e. The van der Waals surface area contributed by atoms with Crippen LogP contribution in [0.2, 0.25) is 0 Å². The summed E-state index contributed by atoms with van der Waals surface area (Å²) in [5, 5.41) is 15.3. The van der Waals surface area contributed by atoms with E-state index in [2.05, 4.69) is 15.1 Å². The van der Waals surface area contributed by atoms with Crippen molar-refractivity contribution < 1.29 is 31.3 Å². The fraction of sp³-hybridized carbons (Fsp3) is 0.324. The minimum Gasteiger partial charge on any atom is -0.376 e. The Balaban J connectivity index is 1.18. The van der Waals surface area contributed by atoms with E-state index in [1.165, 1.54) is 36.4 Å². The first kappa shape index (κ1) is 39.6. The van der Waals surface area contributed by atoms with Crippen molar-refractivity contribution >= 4 is 44.8 Å².